The predicted molar refractivity (Wildman–Crippen MR) is 104 cm³/mol. The highest BCUT2D eigenvalue weighted by atomic mass is 32.2. The van der Waals surface area contributed by atoms with Gasteiger partial charge in [0, 0.05) is 30.8 Å². The highest BCUT2D eigenvalue weighted by Crippen LogP contribution is 2.32. The number of nitrogens with zero attached hydrogens (tertiary/aromatic N) is 1. The Hall–Kier alpha value is -2.58. The molecule has 0 bridgehead atoms. The van der Waals surface area contributed by atoms with Crippen LogP contribution in [-0.2, 0) is 14.8 Å². The van der Waals surface area contributed by atoms with E-state index in [2.05, 4.69) is 4.72 Å². The second kappa shape index (κ2) is 7.10. The molecule has 2 aliphatic rings. The van der Waals surface area contributed by atoms with Gasteiger partial charge in [-0.15, -0.1) is 0 Å². The molecule has 2 aromatic rings. The average Bonchev–Trinajstić information content (AvgIpc) is 3.03. The first-order valence-corrected chi connectivity index (χ1v) is 10.6. The molecule has 1 unspecified atom stereocenters. The molecule has 2 heterocycles. The van der Waals surface area contributed by atoms with Gasteiger partial charge < -0.3 is 14.4 Å². The molecule has 0 aromatic heterocycles. The molecule has 0 spiro atoms. The smallest absolute Gasteiger partial charge is 0.241 e. The van der Waals surface area contributed by atoms with Gasteiger partial charge in [-0.1, -0.05) is 6.07 Å². The lowest BCUT2D eigenvalue weighted by Gasteiger charge is -2.20. The minimum Gasteiger partial charge on any atom is -0.486 e. The fourth-order valence-corrected chi connectivity index (χ4v) is 4.65. The molecular weight excluding hydrogens is 380 g/mol. The number of ether oxygens (including phenoxy) is 2. The molecule has 2 aliphatic heterocycles. The van der Waals surface area contributed by atoms with Crippen LogP contribution >= 0.6 is 0 Å². The van der Waals surface area contributed by atoms with Crippen LogP contribution in [0.5, 0.6) is 11.5 Å². The van der Waals surface area contributed by atoms with Crippen LogP contribution in [0, 0.1) is 13.8 Å². The number of benzene rings is 2. The number of hydrogen-bond donors (Lipinski definition) is 1. The van der Waals surface area contributed by atoms with E-state index in [-0.39, 0.29) is 17.2 Å². The first-order chi connectivity index (χ1) is 13.3. The second-order valence-corrected chi connectivity index (χ2v) is 8.81. The number of carbonyl (C=O) groups excluding carboxylic acids is 1. The van der Waals surface area contributed by atoms with E-state index in [1.165, 1.54) is 12.1 Å². The topological polar surface area (TPSA) is 84.9 Å². The lowest BCUT2D eigenvalue weighted by Crippen LogP contribution is -2.37. The average molecular weight is 402 g/mol. The molecule has 0 aliphatic carbocycles. The number of aryl methyl sites for hydroxylation is 2. The Labute approximate surface area is 164 Å². The monoisotopic (exact) mass is 402 g/mol. The predicted octanol–water partition coefficient (Wildman–Crippen LogP) is 2.16. The zero-order chi connectivity index (χ0) is 19.9. The number of sulfonamides is 1. The quantitative estimate of drug-likeness (QED) is 0.847. The molecule has 4 rings (SSSR count). The van der Waals surface area contributed by atoms with E-state index < -0.39 is 16.1 Å². The fourth-order valence-electron chi connectivity index (χ4n) is 3.41. The number of nitrogens with one attached hydrogen (secondary N) is 1. The Morgan fingerprint density at radius 2 is 1.75 bits per heavy atom. The van der Waals surface area contributed by atoms with Gasteiger partial charge in [-0.3, -0.25) is 4.79 Å². The molecule has 1 fully saturated rings. The first kappa shape index (κ1) is 18.8. The fraction of sp³-hybridized carbons (Fsp3) is 0.350. The molecule has 28 heavy (non-hydrogen) atoms. The summed E-state index contributed by atoms with van der Waals surface area (Å²) in [7, 11) is -3.79. The number of fused-ring (bicyclic) bond motifs is 1. The highest BCUT2D eigenvalue weighted by Gasteiger charge is 2.34. The van der Waals surface area contributed by atoms with Crippen molar-refractivity contribution in [2.75, 3.05) is 24.7 Å². The lowest BCUT2D eigenvalue weighted by atomic mass is 10.1. The zero-order valence-electron chi connectivity index (χ0n) is 15.8. The molecule has 7 nitrogen and oxygen atoms in total. The molecule has 0 radical (unpaired) electrons. The summed E-state index contributed by atoms with van der Waals surface area (Å²) in [5.41, 5.74) is 3.02. The van der Waals surface area contributed by atoms with Crippen molar-refractivity contribution in [1.29, 1.82) is 0 Å². The second-order valence-electron chi connectivity index (χ2n) is 7.10. The van der Waals surface area contributed by atoms with Crippen molar-refractivity contribution in [3.63, 3.8) is 0 Å². The van der Waals surface area contributed by atoms with E-state index in [1.54, 1.807) is 11.0 Å². The van der Waals surface area contributed by atoms with Gasteiger partial charge in [0.25, 0.3) is 0 Å². The van der Waals surface area contributed by atoms with Crippen LogP contribution in [0.2, 0.25) is 0 Å². The molecule has 1 saturated heterocycles. The summed E-state index contributed by atoms with van der Waals surface area (Å²) in [6.45, 7) is 5.11. The maximum atomic E-state index is 12.8. The highest BCUT2D eigenvalue weighted by molar-refractivity contribution is 7.89. The standard InChI is InChI=1S/C20H22N2O5S/c1-13-3-4-16(9-14(13)2)22-12-15(10-20(22)23)21-28(24,25)17-5-6-18-19(11-17)27-8-7-26-18/h3-6,9,11,15,21H,7-8,10,12H2,1-2H3. The van der Waals surface area contributed by atoms with Crippen LogP contribution in [0.15, 0.2) is 41.3 Å². The van der Waals surface area contributed by atoms with Crippen LogP contribution in [-0.4, -0.2) is 40.1 Å². The van der Waals surface area contributed by atoms with E-state index in [0.29, 0.717) is 31.3 Å². The summed E-state index contributed by atoms with van der Waals surface area (Å²) in [6, 6.07) is 9.83. The van der Waals surface area contributed by atoms with E-state index in [9.17, 15) is 13.2 Å². The largest absolute Gasteiger partial charge is 0.486 e. The van der Waals surface area contributed by atoms with Crippen molar-refractivity contribution >= 4 is 21.6 Å². The third-order valence-electron chi connectivity index (χ3n) is 5.07. The van der Waals surface area contributed by atoms with E-state index >= 15 is 0 Å². The number of rotatable bonds is 4. The Balaban J connectivity index is 1.51. The maximum Gasteiger partial charge on any atom is 0.241 e. The third-order valence-corrected chi connectivity index (χ3v) is 6.59. The van der Waals surface area contributed by atoms with Crippen molar-refractivity contribution in [1.82, 2.24) is 4.72 Å². The Bertz CT molecular complexity index is 1030. The van der Waals surface area contributed by atoms with E-state index in [1.807, 2.05) is 32.0 Å². The summed E-state index contributed by atoms with van der Waals surface area (Å²) in [6.07, 6.45) is 0.122. The van der Waals surface area contributed by atoms with Gasteiger partial charge in [-0.25, -0.2) is 13.1 Å². The van der Waals surface area contributed by atoms with Gasteiger partial charge in [-0.2, -0.15) is 0 Å². The van der Waals surface area contributed by atoms with Crippen LogP contribution in [0.3, 0.4) is 0 Å². The normalized spacial score (nSPS) is 19.1. The number of anilines is 1. The number of amides is 1. The van der Waals surface area contributed by atoms with Crippen LogP contribution in [0.1, 0.15) is 17.5 Å². The van der Waals surface area contributed by atoms with Gasteiger partial charge >= 0.3 is 0 Å². The minimum atomic E-state index is -3.79. The van der Waals surface area contributed by atoms with Crippen LogP contribution < -0.4 is 19.1 Å². The molecule has 8 heteroatoms. The van der Waals surface area contributed by atoms with Crippen LogP contribution in [0.25, 0.3) is 0 Å². The first-order valence-electron chi connectivity index (χ1n) is 9.13. The van der Waals surface area contributed by atoms with Crippen molar-refractivity contribution < 1.29 is 22.7 Å². The number of carbonyl (C=O) groups is 1. The van der Waals surface area contributed by atoms with Crippen molar-refractivity contribution in [2.45, 2.75) is 31.2 Å². The van der Waals surface area contributed by atoms with Crippen molar-refractivity contribution in [3.8, 4) is 11.5 Å². The van der Waals surface area contributed by atoms with E-state index in [4.69, 9.17) is 9.47 Å². The molecule has 1 N–H and O–H groups in total. The molecule has 1 atom stereocenters. The van der Waals surface area contributed by atoms with Gasteiger partial charge in [-0.05, 0) is 49.2 Å². The molecule has 0 saturated carbocycles. The summed E-state index contributed by atoms with van der Waals surface area (Å²) in [4.78, 5) is 14.2. The summed E-state index contributed by atoms with van der Waals surface area (Å²) in [5.74, 6) is 0.841. The van der Waals surface area contributed by atoms with Gasteiger partial charge in [0.05, 0.1) is 4.90 Å². The Kier molecular flexibility index (Phi) is 4.76. The van der Waals surface area contributed by atoms with Crippen LogP contribution in [0.4, 0.5) is 5.69 Å². The van der Waals surface area contributed by atoms with Crippen molar-refractivity contribution in [2.24, 2.45) is 0 Å². The zero-order valence-corrected chi connectivity index (χ0v) is 16.6. The molecule has 148 valence electrons. The Morgan fingerprint density at radius 3 is 2.50 bits per heavy atom. The summed E-state index contributed by atoms with van der Waals surface area (Å²) in [5, 5.41) is 0. The van der Waals surface area contributed by atoms with Gasteiger partial charge in [0.2, 0.25) is 15.9 Å². The van der Waals surface area contributed by atoms with Gasteiger partial charge in [0.15, 0.2) is 11.5 Å². The molecule has 2 aromatic carbocycles. The summed E-state index contributed by atoms with van der Waals surface area (Å²) < 4.78 is 39.1. The lowest BCUT2D eigenvalue weighted by molar-refractivity contribution is -0.117. The van der Waals surface area contributed by atoms with Crippen molar-refractivity contribution in [3.05, 3.63) is 47.5 Å². The summed E-state index contributed by atoms with van der Waals surface area (Å²) >= 11 is 0. The molecule has 1 amide bonds. The number of hydrogen-bond acceptors (Lipinski definition) is 5. The molecular formula is C20H22N2O5S. The minimum absolute atomic E-state index is 0.0915. The van der Waals surface area contributed by atoms with Gasteiger partial charge in [0.1, 0.15) is 13.2 Å². The SMILES string of the molecule is Cc1ccc(N2CC(NS(=O)(=O)c3ccc4c(c3)OCCO4)CC2=O)cc1C. The Morgan fingerprint density at radius 1 is 1.00 bits per heavy atom. The maximum absolute atomic E-state index is 12.8. The van der Waals surface area contributed by atoms with E-state index in [0.717, 1.165) is 16.8 Å². The third kappa shape index (κ3) is 3.57.